The summed E-state index contributed by atoms with van der Waals surface area (Å²) in [5.74, 6) is 1.52. The van der Waals surface area contributed by atoms with Crippen molar-refractivity contribution in [1.82, 2.24) is 14.9 Å². The second-order valence-corrected chi connectivity index (χ2v) is 6.65. The first kappa shape index (κ1) is 16.3. The summed E-state index contributed by atoms with van der Waals surface area (Å²) in [6.45, 7) is 3.14. The van der Waals surface area contributed by atoms with Gasteiger partial charge in [-0.25, -0.2) is 4.98 Å². The normalized spacial score (nSPS) is 16.9. The van der Waals surface area contributed by atoms with Gasteiger partial charge >= 0.3 is 0 Å². The van der Waals surface area contributed by atoms with Gasteiger partial charge in [-0.05, 0) is 31.0 Å². The van der Waals surface area contributed by atoms with E-state index < -0.39 is 0 Å². The zero-order chi connectivity index (χ0) is 17.9. The van der Waals surface area contributed by atoms with Crippen molar-refractivity contribution in [3.8, 4) is 6.07 Å². The number of piperazine rings is 1. The molecule has 1 aliphatic carbocycles. The maximum Gasteiger partial charge on any atom is 0.225 e. The number of nitriles is 1. The van der Waals surface area contributed by atoms with E-state index >= 15 is 0 Å². The van der Waals surface area contributed by atoms with Gasteiger partial charge in [0.2, 0.25) is 5.91 Å². The first-order chi connectivity index (χ1) is 12.7. The molecule has 1 saturated heterocycles. The van der Waals surface area contributed by atoms with Gasteiger partial charge in [0.25, 0.3) is 0 Å². The second kappa shape index (κ2) is 7.00. The highest BCUT2D eigenvalue weighted by Gasteiger charge is 2.34. The van der Waals surface area contributed by atoms with Gasteiger partial charge in [0.05, 0.1) is 23.1 Å². The van der Waals surface area contributed by atoms with E-state index in [4.69, 9.17) is 5.26 Å². The zero-order valence-electron chi connectivity index (χ0n) is 14.4. The minimum Gasteiger partial charge on any atom is -0.353 e. The van der Waals surface area contributed by atoms with Gasteiger partial charge in [0, 0.05) is 44.5 Å². The minimum absolute atomic E-state index is 0.288. The van der Waals surface area contributed by atoms with Crippen LogP contribution in [0.15, 0.2) is 36.8 Å². The first-order valence-electron chi connectivity index (χ1n) is 8.85. The number of carbonyl (C=O) groups is 1. The molecule has 0 bridgehead atoms. The Kier molecular flexibility index (Phi) is 4.40. The van der Waals surface area contributed by atoms with E-state index in [1.807, 2.05) is 17.0 Å². The van der Waals surface area contributed by atoms with Crippen LogP contribution in [0, 0.1) is 17.2 Å². The maximum atomic E-state index is 12.1. The number of hydrogen-bond donors (Lipinski definition) is 1. The largest absolute Gasteiger partial charge is 0.353 e. The monoisotopic (exact) mass is 348 g/mol. The van der Waals surface area contributed by atoms with Crippen LogP contribution in [0.4, 0.5) is 17.2 Å². The van der Waals surface area contributed by atoms with Crippen molar-refractivity contribution in [2.24, 2.45) is 5.92 Å². The third-order valence-corrected chi connectivity index (χ3v) is 4.81. The van der Waals surface area contributed by atoms with Crippen molar-refractivity contribution >= 4 is 23.1 Å². The van der Waals surface area contributed by atoms with Gasteiger partial charge in [0.1, 0.15) is 11.9 Å². The van der Waals surface area contributed by atoms with Crippen LogP contribution in [0.2, 0.25) is 0 Å². The second-order valence-electron chi connectivity index (χ2n) is 6.65. The van der Waals surface area contributed by atoms with Crippen molar-refractivity contribution < 1.29 is 4.79 Å². The van der Waals surface area contributed by atoms with E-state index in [-0.39, 0.29) is 5.92 Å². The average Bonchev–Trinajstić information content (AvgIpc) is 3.54. The fourth-order valence-corrected chi connectivity index (χ4v) is 3.14. The summed E-state index contributed by atoms with van der Waals surface area (Å²) in [5.41, 5.74) is 2.02. The summed E-state index contributed by atoms with van der Waals surface area (Å²) < 4.78 is 0. The molecule has 2 aromatic heterocycles. The minimum atomic E-state index is 0.288. The molecule has 1 aliphatic heterocycles. The number of amides is 1. The number of carbonyl (C=O) groups excluding carboxylic acids is 1. The molecule has 132 valence electrons. The topological polar surface area (TPSA) is 85.2 Å². The Hall–Kier alpha value is -3.14. The van der Waals surface area contributed by atoms with Gasteiger partial charge in [-0.15, -0.1) is 0 Å². The van der Waals surface area contributed by atoms with Crippen LogP contribution >= 0.6 is 0 Å². The first-order valence-corrected chi connectivity index (χ1v) is 8.85. The molecule has 1 amide bonds. The smallest absolute Gasteiger partial charge is 0.225 e. The Labute approximate surface area is 152 Å². The summed E-state index contributed by atoms with van der Waals surface area (Å²) in [7, 11) is 0. The fraction of sp³-hybridized carbons (Fsp3) is 0.368. The van der Waals surface area contributed by atoms with E-state index in [1.54, 1.807) is 18.5 Å². The molecular weight excluding hydrogens is 328 g/mol. The SMILES string of the molecule is N#Cc1cnccc1Nc1ccc(N2CCN(C(=O)C3CC3)CC2)nc1. The molecule has 2 aromatic rings. The molecule has 4 rings (SSSR count). The summed E-state index contributed by atoms with van der Waals surface area (Å²) >= 11 is 0. The summed E-state index contributed by atoms with van der Waals surface area (Å²) in [6.07, 6.45) is 7.05. The van der Waals surface area contributed by atoms with Gasteiger partial charge in [-0.1, -0.05) is 0 Å². The maximum absolute atomic E-state index is 12.1. The molecule has 1 saturated carbocycles. The molecule has 7 heteroatoms. The number of anilines is 3. The quantitative estimate of drug-likeness (QED) is 0.911. The van der Waals surface area contributed by atoms with Crippen LogP contribution < -0.4 is 10.2 Å². The molecule has 0 radical (unpaired) electrons. The Morgan fingerprint density at radius 2 is 1.96 bits per heavy atom. The predicted octanol–water partition coefficient (Wildman–Crippen LogP) is 2.15. The standard InChI is InChI=1S/C19H20N6O/c20-11-15-12-21-6-5-17(15)23-16-3-4-18(22-13-16)24-7-9-25(10-8-24)19(26)14-1-2-14/h3-6,12-14H,1-2,7-10H2,(H,21,23). The van der Waals surface area contributed by atoms with E-state index in [0.29, 0.717) is 17.2 Å². The van der Waals surface area contributed by atoms with E-state index in [9.17, 15) is 4.79 Å². The predicted molar refractivity (Wildman–Crippen MR) is 98.0 cm³/mol. The number of rotatable bonds is 4. The number of nitrogens with zero attached hydrogens (tertiary/aromatic N) is 5. The highest BCUT2D eigenvalue weighted by Crippen LogP contribution is 2.31. The lowest BCUT2D eigenvalue weighted by Crippen LogP contribution is -2.49. The molecule has 0 atom stereocenters. The third-order valence-electron chi connectivity index (χ3n) is 4.81. The molecular formula is C19H20N6O. The van der Waals surface area contributed by atoms with E-state index in [0.717, 1.165) is 50.5 Å². The molecule has 2 aliphatic rings. The Morgan fingerprint density at radius 1 is 1.15 bits per heavy atom. The van der Waals surface area contributed by atoms with Crippen LogP contribution in [-0.2, 0) is 4.79 Å². The number of nitrogens with one attached hydrogen (secondary N) is 1. The summed E-state index contributed by atoms with van der Waals surface area (Å²) in [5, 5.41) is 12.3. The molecule has 26 heavy (non-hydrogen) atoms. The number of pyridine rings is 2. The lowest BCUT2D eigenvalue weighted by Gasteiger charge is -2.35. The van der Waals surface area contributed by atoms with Gasteiger partial charge in [-0.2, -0.15) is 5.26 Å². The van der Waals surface area contributed by atoms with Crippen LogP contribution in [-0.4, -0.2) is 47.0 Å². The lowest BCUT2D eigenvalue weighted by molar-refractivity contribution is -0.132. The van der Waals surface area contributed by atoms with Crippen molar-refractivity contribution in [1.29, 1.82) is 5.26 Å². The highest BCUT2D eigenvalue weighted by atomic mass is 16.2. The fourth-order valence-electron chi connectivity index (χ4n) is 3.14. The van der Waals surface area contributed by atoms with Gasteiger partial charge < -0.3 is 15.1 Å². The molecule has 0 aromatic carbocycles. The van der Waals surface area contributed by atoms with Crippen LogP contribution in [0.1, 0.15) is 18.4 Å². The number of aromatic nitrogens is 2. The molecule has 3 heterocycles. The average molecular weight is 348 g/mol. The highest BCUT2D eigenvalue weighted by molar-refractivity contribution is 5.81. The van der Waals surface area contributed by atoms with Crippen LogP contribution in [0.5, 0.6) is 0 Å². The molecule has 2 fully saturated rings. The van der Waals surface area contributed by atoms with Gasteiger partial charge in [-0.3, -0.25) is 9.78 Å². The van der Waals surface area contributed by atoms with Crippen molar-refractivity contribution in [2.75, 3.05) is 36.4 Å². The summed E-state index contributed by atoms with van der Waals surface area (Å²) in [6, 6.07) is 7.80. The Morgan fingerprint density at radius 3 is 2.62 bits per heavy atom. The molecule has 0 unspecified atom stereocenters. The molecule has 7 nitrogen and oxygen atoms in total. The van der Waals surface area contributed by atoms with Crippen molar-refractivity contribution in [2.45, 2.75) is 12.8 Å². The third kappa shape index (κ3) is 3.45. The van der Waals surface area contributed by atoms with Crippen molar-refractivity contribution in [3.05, 3.63) is 42.4 Å². The van der Waals surface area contributed by atoms with E-state index in [2.05, 4.69) is 26.3 Å². The zero-order valence-corrected chi connectivity index (χ0v) is 14.4. The molecule has 0 spiro atoms. The Balaban J connectivity index is 1.37. The van der Waals surface area contributed by atoms with Crippen LogP contribution in [0.3, 0.4) is 0 Å². The van der Waals surface area contributed by atoms with Gasteiger partial charge in [0.15, 0.2) is 0 Å². The summed E-state index contributed by atoms with van der Waals surface area (Å²) in [4.78, 5) is 24.8. The van der Waals surface area contributed by atoms with Crippen LogP contribution in [0.25, 0.3) is 0 Å². The lowest BCUT2D eigenvalue weighted by atomic mass is 10.2. The van der Waals surface area contributed by atoms with E-state index in [1.165, 1.54) is 6.20 Å². The number of hydrogen-bond acceptors (Lipinski definition) is 6. The van der Waals surface area contributed by atoms with Crippen molar-refractivity contribution in [3.63, 3.8) is 0 Å². The molecule has 1 N–H and O–H groups in total. The Bertz CT molecular complexity index is 832.